The monoisotopic (exact) mass is 232 g/mol. The Hall–Kier alpha value is -0.380. The summed E-state index contributed by atoms with van der Waals surface area (Å²) in [7, 11) is -2.86. The van der Waals surface area contributed by atoms with Crippen LogP contribution < -0.4 is 0 Å². The van der Waals surface area contributed by atoms with E-state index in [0.29, 0.717) is 37.4 Å². The van der Waals surface area contributed by atoms with E-state index in [0.717, 1.165) is 12.8 Å². The number of sulfone groups is 1. The third-order valence-corrected chi connectivity index (χ3v) is 4.82. The van der Waals surface area contributed by atoms with Crippen LogP contribution in [0.15, 0.2) is 0 Å². The molecule has 4 heteroatoms. The summed E-state index contributed by atoms with van der Waals surface area (Å²) in [5.41, 5.74) is 0. The molecule has 1 atom stereocenters. The lowest BCUT2D eigenvalue weighted by Crippen LogP contribution is -2.19. The Bertz CT molecular complexity index is 306. The maximum Gasteiger partial charge on any atom is 0.150 e. The zero-order chi connectivity index (χ0) is 11.3. The van der Waals surface area contributed by atoms with Crippen molar-refractivity contribution in [3.8, 4) is 0 Å². The van der Waals surface area contributed by atoms with E-state index >= 15 is 0 Å². The average Bonchev–Trinajstić information content (AvgIpc) is 2.15. The number of rotatable bonds is 5. The first-order chi connectivity index (χ1) is 7.03. The largest absolute Gasteiger partial charge is 0.300 e. The van der Waals surface area contributed by atoms with E-state index in [1.807, 2.05) is 6.92 Å². The molecule has 0 N–H and O–H groups in total. The highest BCUT2D eigenvalue weighted by Gasteiger charge is 2.21. The Morgan fingerprint density at radius 2 is 2.07 bits per heavy atom. The van der Waals surface area contributed by atoms with Crippen LogP contribution in [-0.2, 0) is 14.6 Å². The molecule has 0 heterocycles. The fraction of sp³-hybridized carbons (Fsp3) is 0.909. The highest BCUT2D eigenvalue weighted by atomic mass is 32.2. The summed E-state index contributed by atoms with van der Waals surface area (Å²) < 4.78 is 22.9. The van der Waals surface area contributed by atoms with Gasteiger partial charge in [-0.3, -0.25) is 4.79 Å². The second kappa shape index (κ2) is 5.64. The van der Waals surface area contributed by atoms with Crippen molar-refractivity contribution in [2.75, 3.05) is 11.5 Å². The Balaban J connectivity index is 2.33. The first kappa shape index (κ1) is 12.7. The molecule has 0 aliphatic heterocycles. The maximum absolute atomic E-state index is 11.5. The van der Waals surface area contributed by atoms with Gasteiger partial charge >= 0.3 is 0 Å². The van der Waals surface area contributed by atoms with E-state index in [1.165, 1.54) is 0 Å². The quantitative estimate of drug-likeness (QED) is 0.728. The van der Waals surface area contributed by atoms with Crippen molar-refractivity contribution in [3.05, 3.63) is 0 Å². The Morgan fingerprint density at radius 1 is 1.33 bits per heavy atom. The summed E-state index contributed by atoms with van der Waals surface area (Å²) in [6.45, 7) is 1.88. The van der Waals surface area contributed by atoms with Gasteiger partial charge in [0.05, 0.1) is 5.75 Å². The van der Waals surface area contributed by atoms with Crippen molar-refractivity contribution in [2.45, 2.75) is 45.4 Å². The summed E-state index contributed by atoms with van der Waals surface area (Å²) in [5, 5.41) is 0. The van der Waals surface area contributed by atoms with Crippen LogP contribution in [-0.4, -0.2) is 25.7 Å². The molecule has 15 heavy (non-hydrogen) atoms. The molecule has 1 aliphatic carbocycles. The van der Waals surface area contributed by atoms with Crippen LogP contribution >= 0.6 is 0 Å². The molecule has 88 valence electrons. The van der Waals surface area contributed by atoms with Crippen LogP contribution in [0.2, 0.25) is 0 Å². The van der Waals surface area contributed by atoms with Gasteiger partial charge in [0, 0.05) is 18.6 Å². The Kier molecular flexibility index (Phi) is 4.77. The lowest BCUT2D eigenvalue weighted by atomic mass is 9.87. The summed E-state index contributed by atoms with van der Waals surface area (Å²) in [4.78, 5) is 11.2. The van der Waals surface area contributed by atoms with Gasteiger partial charge in [-0.1, -0.05) is 6.92 Å². The van der Waals surface area contributed by atoms with Gasteiger partial charge in [-0.15, -0.1) is 0 Å². The molecule has 0 aromatic heterocycles. The van der Waals surface area contributed by atoms with E-state index < -0.39 is 9.84 Å². The van der Waals surface area contributed by atoms with E-state index in [9.17, 15) is 13.2 Å². The molecule has 1 saturated carbocycles. The molecule has 1 unspecified atom stereocenters. The molecule has 1 aliphatic rings. The molecule has 1 rings (SSSR count). The first-order valence-corrected chi connectivity index (χ1v) is 7.58. The Morgan fingerprint density at radius 3 is 2.67 bits per heavy atom. The van der Waals surface area contributed by atoms with Crippen molar-refractivity contribution >= 4 is 15.6 Å². The van der Waals surface area contributed by atoms with Crippen molar-refractivity contribution in [2.24, 2.45) is 5.92 Å². The van der Waals surface area contributed by atoms with Gasteiger partial charge < -0.3 is 0 Å². The first-order valence-electron chi connectivity index (χ1n) is 5.75. The zero-order valence-corrected chi connectivity index (χ0v) is 10.2. The van der Waals surface area contributed by atoms with Gasteiger partial charge in [0.25, 0.3) is 0 Å². The second-order valence-corrected chi connectivity index (χ2v) is 6.75. The molecule has 3 nitrogen and oxygen atoms in total. The Labute approximate surface area is 92.2 Å². The van der Waals surface area contributed by atoms with Gasteiger partial charge in [-0.05, 0) is 31.6 Å². The van der Waals surface area contributed by atoms with Gasteiger partial charge in [0.15, 0.2) is 0 Å². The SMILES string of the molecule is CCCS(=O)(=O)CCC1CCCC(=O)C1. The fourth-order valence-corrected chi connectivity index (χ4v) is 3.64. The fourth-order valence-electron chi connectivity index (χ4n) is 2.12. The van der Waals surface area contributed by atoms with Gasteiger partial charge in [0.1, 0.15) is 15.6 Å². The smallest absolute Gasteiger partial charge is 0.150 e. The van der Waals surface area contributed by atoms with Crippen LogP contribution in [0.1, 0.15) is 45.4 Å². The normalized spacial score (nSPS) is 23.0. The topological polar surface area (TPSA) is 51.2 Å². The van der Waals surface area contributed by atoms with Crippen LogP contribution in [0.4, 0.5) is 0 Å². The van der Waals surface area contributed by atoms with Crippen LogP contribution in [0.3, 0.4) is 0 Å². The lowest BCUT2D eigenvalue weighted by molar-refractivity contribution is -0.121. The van der Waals surface area contributed by atoms with E-state index in [1.54, 1.807) is 0 Å². The molecular weight excluding hydrogens is 212 g/mol. The molecule has 0 spiro atoms. The third kappa shape index (κ3) is 4.78. The molecule has 0 saturated heterocycles. The minimum absolute atomic E-state index is 0.263. The molecule has 0 amide bonds. The zero-order valence-electron chi connectivity index (χ0n) is 9.37. The van der Waals surface area contributed by atoms with Crippen molar-refractivity contribution in [1.82, 2.24) is 0 Å². The minimum Gasteiger partial charge on any atom is -0.300 e. The predicted octanol–water partition coefficient (Wildman–Crippen LogP) is 1.96. The molecule has 0 aromatic rings. The predicted molar refractivity (Wildman–Crippen MR) is 60.5 cm³/mol. The molecule has 1 fully saturated rings. The number of carbonyl (C=O) groups excluding carboxylic acids is 1. The number of Topliss-reactive ketones (excluding diaryl/α,β-unsaturated/α-hetero) is 1. The number of hydrogen-bond acceptors (Lipinski definition) is 3. The van der Waals surface area contributed by atoms with Crippen LogP contribution in [0.5, 0.6) is 0 Å². The van der Waals surface area contributed by atoms with Crippen LogP contribution in [0, 0.1) is 5.92 Å². The molecule has 0 bridgehead atoms. The van der Waals surface area contributed by atoms with Gasteiger partial charge in [-0.2, -0.15) is 0 Å². The second-order valence-electron chi connectivity index (χ2n) is 4.44. The molecule has 0 radical (unpaired) electrons. The number of carbonyl (C=O) groups is 1. The van der Waals surface area contributed by atoms with E-state index in [4.69, 9.17) is 0 Å². The average molecular weight is 232 g/mol. The molecule has 0 aromatic carbocycles. The van der Waals surface area contributed by atoms with Gasteiger partial charge in [0.2, 0.25) is 0 Å². The lowest BCUT2D eigenvalue weighted by Gasteiger charge is -2.20. The van der Waals surface area contributed by atoms with Crippen molar-refractivity contribution < 1.29 is 13.2 Å². The van der Waals surface area contributed by atoms with E-state index in [-0.39, 0.29) is 11.5 Å². The van der Waals surface area contributed by atoms with Crippen molar-refractivity contribution in [3.63, 3.8) is 0 Å². The summed E-state index contributed by atoms with van der Waals surface area (Å²) in [6, 6.07) is 0. The number of hydrogen-bond donors (Lipinski definition) is 0. The highest BCUT2D eigenvalue weighted by Crippen LogP contribution is 2.24. The standard InChI is InChI=1S/C11H20O3S/c1-2-7-15(13,14)8-6-10-4-3-5-11(12)9-10/h10H,2-9H2,1H3. The highest BCUT2D eigenvalue weighted by molar-refractivity contribution is 7.91. The number of ketones is 1. The molecular formula is C11H20O3S. The van der Waals surface area contributed by atoms with Crippen molar-refractivity contribution in [1.29, 1.82) is 0 Å². The summed E-state index contributed by atoms with van der Waals surface area (Å²) >= 11 is 0. The summed E-state index contributed by atoms with van der Waals surface area (Å²) in [6.07, 6.45) is 4.62. The minimum atomic E-state index is -2.86. The maximum atomic E-state index is 11.5. The summed E-state index contributed by atoms with van der Waals surface area (Å²) in [5.74, 6) is 1.17. The van der Waals surface area contributed by atoms with Gasteiger partial charge in [-0.25, -0.2) is 8.42 Å². The third-order valence-electron chi connectivity index (χ3n) is 2.94. The van der Waals surface area contributed by atoms with Crippen LogP contribution in [0.25, 0.3) is 0 Å². The van der Waals surface area contributed by atoms with E-state index in [2.05, 4.69) is 0 Å².